The van der Waals surface area contributed by atoms with E-state index in [0.29, 0.717) is 18.8 Å². The second-order valence-corrected chi connectivity index (χ2v) is 5.22. The molecule has 1 amide bonds. The molecule has 0 heterocycles. The second-order valence-electron chi connectivity index (χ2n) is 5.22. The number of hydrogen-bond donors (Lipinski definition) is 1. The van der Waals surface area contributed by atoms with E-state index < -0.39 is 0 Å². The van der Waals surface area contributed by atoms with Crippen LogP contribution in [0.3, 0.4) is 0 Å². The van der Waals surface area contributed by atoms with E-state index in [2.05, 4.69) is 23.5 Å². The van der Waals surface area contributed by atoms with Crippen LogP contribution in [0.4, 0.5) is 0 Å². The Labute approximate surface area is 115 Å². The predicted octanol–water partition coefficient (Wildman–Crippen LogP) is 3.06. The van der Waals surface area contributed by atoms with E-state index in [1.54, 1.807) is 0 Å². The summed E-state index contributed by atoms with van der Waals surface area (Å²) in [5.74, 6) is 0.386. The molecule has 1 aromatic carbocycles. The number of hydrogen-bond acceptors (Lipinski definition) is 2. The SMILES string of the molecule is CC(C)C[C@@H](C#N)NC(=O)CCCc1ccccc1. The smallest absolute Gasteiger partial charge is 0.221 e. The molecule has 0 aromatic heterocycles. The van der Waals surface area contributed by atoms with Gasteiger partial charge in [0.2, 0.25) is 5.91 Å². The predicted molar refractivity (Wildman–Crippen MR) is 76.4 cm³/mol. The van der Waals surface area contributed by atoms with E-state index in [9.17, 15) is 4.79 Å². The van der Waals surface area contributed by atoms with E-state index in [1.165, 1.54) is 5.56 Å². The number of rotatable bonds is 7. The van der Waals surface area contributed by atoms with Crippen molar-refractivity contribution < 1.29 is 4.79 Å². The molecule has 3 nitrogen and oxygen atoms in total. The zero-order chi connectivity index (χ0) is 14.1. The molecule has 0 unspecified atom stereocenters. The van der Waals surface area contributed by atoms with Crippen LogP contribution in [0.1, 0.15) is 38.7 Å². The van der Waals surface area contributed by atoms with Crippen molar-refractivity contribution in [1.82, 2.24) is 5.32 Å². The Kier molecular flexibility index (Phi) is 6.67. The number of aryl methyl sites for hydroxylation is 1. The molecule has 1 N–H and O–H groups in total. The maximum absolute atomic E-state index is 11.7. The number of benzene rings is 1. The minimum Gasteiger partial charge on any atom is -0.340 e. The van der Waals surface area contributed by atoms with Crippen molar-refractivity contribution in [3.8, 4) is 6.07 Å². The van der Waals surface area contributed by atoms with E-state index in [1.807, 2.05) is 32.0 Å². The van der Waals surface area contributed by atoms with E-state index in [0.717, 1.165) is 12.8 Å². The molecule has 3 heteroatoms. The summed E-state index contributed by atoms with van der Waals surface area (Å²) in [6.45, 7) is 4.10. The van der Waals surface area contributed by atoms with Crippen LogP contribution in [-0.2, 0) is 11.2 Å². The lowest BCUT2D eigenvalue weighted by Gasteiger charge is -2.13. The highest BCUT2D eigenvalue weighted by Crippen LogP contribution is 2.06. The van der Waals surface area contributed by atoms with Crippen molar-refractivity contribution in [3.05, 3.63) is 35.9 Å². The Balaban J connectivity index is 2.26. The van der Waals surface area contributed by atoms with Gasteiger partial charge in [-0.2, -0.15) is 5.26 Å². The van der Waals surface area contributed by atoms with Crippen LogP contribution in [0, 0.1) is 17.2 Å². The Morgan fingerprint density at radius 1 is 1.32 bits per heavy atom. The molecule has 0 spiro atoms. The van der Waals surface area contributed by atoms with Gasteiger partial charge >= 0.3 is 0 Å². The fraction of sp³-hybridized carbons (Fsp3) is 0.500. The first-order chi connectivity index (χ1) is 9.11. The van der Waals surface area contributed by atoms with Crippen molar-refractivity contribution in [2.75, 3.05) is 0 Å². The lowest BCUT2D eigenvalue weighted by molar-refractivity contribution is -0.121. The summed E-state index contributed by atoms with van der Waals surface area (Å²) < 4.78 is 0. The average molecular weight is 258 g/mol. The van der Waals surface area contributed by atoms with E-state index >= 15 is 0 Å². The van der Waals surface area contributed by atoms with Gasteiger partial charge in [-0.1, -0.05) is 44.2 Å². The van der Waals surface area contributed by atoms with Gasteiger partial charge in [0.05, 0.1) is 6.07 Å². The molecule has 19 heavy (non-hydrogen) atoms. The van der Waals surface area contributed by atoms with Gasteiger partial charge in [-0.05, 0) is 30.7 Å². The molecular weight excluding hydrogens is 236 g/mol. The molecule has 0 fully saturated rings. The minimum absolute atomic E-state index is 0.0249. The van der Waals surface area contributed by atoms with Crippen LogP contribution in [0.15, 0.2) is 30.3 Å². The van der Waals surface area contributed by atoms with Crippen LogP contribution in [0.5, 0.6) is 0 Å². The molecule has 0 saturated heterocycles. The highest BCUT2D eigenvalue weighted by molar-refractivity contribution is 5.76. The van der Waals surface area contributed by atoms with Gasteiger partial charge < -0.3 is 5.32 Å². The van der Waals surface area contributed by atoms with Gasteiger partial charge in [0.15, 0.2) is 0 Å². The number of nitrogens with zero attached hydrogens (tertiary/aromatic N) is 1. The van der Waals surface area contributed by atoms with E-state index in [4.69, 9.17) is 5.26 Å². The maximum atomic E-state index is 11.7. The molecule has 1 aromatic rings. The average Bonchev–Trinajstić information content (AvgIpc) is 2.38. The summed E-state index contributed by atoms with van der Waals surface area (Å²) in [6, 6.07) is 11.9. The number of nitriles is 1. The second kappa shape index (κ2) is 8.31. The number of amides is 1. The zero-order valence-corrected chi connectivity index (χ0v) is 11.7. The molecule has 0 radical (unpaired) electrons. The molecule has 102 valence electrons. The highest BCUT2D eigenvalue weighted by Gasteiger charge is 2.12. The Bertz CT molecular complexity index is 420. The van der Waals surface area contributed by atoms with Gasteiger partial charge in [-0.15, -0.1) is 0 Å². The molecule has 0 aliphatic carbocycles. The van der Waals surface area contributed by atoms with Crippen LogP contribution < -0.4 is 5.32 Å². The van der Waals surface area contributed by atoms with Gasteiger partial charge in [0.1, 0.15) is 6.04 Å². The number of nitrogens with one attached hydrogen (secondary N) is 1. The van der Waals surface area contributed by atoms with Crippen molar-refractivity contribution in [2.24, 2.45) is 5.92 Å². The summed E-state index contributed by atoms with van der Waals surface area (Å²) in [5.41, 5.74) is 1.24. The van der Waals surface area contributed by atoms with E-state index in [-0.39, 0.29) is 11.9 Å². The van der Waals surface area contributed by atoms with Gasteiger partial charge in [-0.3, -0.25) is 4.79 Å². The molecule has 0 aliphatic heterocycles. The summed E-state index contributed by atoms with van der Waals surface area (Å²) in [6.07, 6.45) is 2.90. The van der Waals surface area contributed by atoms with Gasteiger partial charge in [0.25, 0.3) is 0 Å². The van der Waals surface area contributed by atoms with Crippen LogP contribution in [-0.4, -0.2) is 11.9 Å². The monoisotopic (exact) mass is 258 g/mol. The number of carbonyl (C=O) groups is 1. The van der Waals surface area contributed by atoms with Gasteiger partial charge in [0, 0.05) is 6.42 Å². The summed E-state index contributed by atoms with van der Waals surface area (Å²) >= 11 is 0. The third-order valence-electron chi connectivity index (χ3n) is 2.91. The van der Waals surface area contributed by atoms with Crippen molar-refractivity contribution >= 4 is 5.91 Å². The Hall–Kier alpha value is -1.82. The molecule has 0 aliphatic rings. The quantitative estimate of drug-likeness (QED) is 0.817. The van der Waals surface area contributed by atoms with Crippen molar-refractivity contribution in [1.29, 1.82) is 5.26 Å². The number of carbonyl (C=O) groups excluding carboxylic acids is 1. The standard InChI is InChI=1S/C16H22N2O/c1-13(2)11-15(12-17)18-16(19)10-6-9-14-7-4-3-5-8-14/h3-5,7-8,13,15H,6,9-11H2,1-2H3,(H,18,19)/t15-/m0/s1. The minimum atomic E-state index is -0.357. The van der Waals surface area contributed by atoms with Crippen LogP contribution >= 0.6 is 0 Å². The van der Waals surface area contributed by atoms with Crippen molar-refractivity contribution in [3.63, 3.8) is 0 Å². The van der Waals surface area contributed by atoms with Gasteiger partial charge in [-0.25, -0.2) is 0 Å². The Morgan fingerprint density at radius 3 is 2.58 bits per heavy atom. The van der Waals surface area contributed by atoms with Crippen LogP contribution in [0.2, 0.25) is 0 Å². The first kappa shape index (κ1) is 15.2. The molecule has 0 saturated carbocycles. The molecule has 0 bridgehead atoms. The summed E-state index contributed by atoms with van der Waals surface area (Å²) in [5, 5.41) is 11.7. The first-order valence-electron chi connectivity index (χ1n) is 6.84. The Morgan fingerprint density at radius 2 is 2.00 bits per heavy atom. The first-order valence-corrected chi connectivity index (χ1v) is 6.84. The highest BCUT2D eigenvalue weighted by atomic mass is 16.1. The third kappa shape index (κ3) is 6.61. The fourth-order valence-corrected chi connectivity index (χ4v) is 1.98. The van der Waals surface area contributed by atoms with Crippen LogP contribution in [0.25, 0.3) is 0 Å². The lowest BCUT2D eigenvalue weighted by atomic mass is 10.0. The lowest BCUT2D eigenvalue weighted by Crippen LogP contribution is -2.34. The molecule has 1 atom stereocenters. The normalized spacial score (nSPS) is 11.9. The zero-order valence-electron chi connectivity index (χ0n) is 11.7. The maximum Gasteiger partial charge on any atom is 0.221 e. The fourth-order valence-electron chi connectivity index (χ4n) is 1.98. The molecular formula is C16H22N2O. The summed E-state index contributed by atoms with van der Waals surface area (Å²) in [4.78, 5) is 11.7. The summed E-state index contributed by atoms with van der Waals surface area (Å²) in [7, 11) is 0. The molecule has 1 rings (SSSR count). The van der Waals surface area contributed by atoms with Crippen molar-refractivity contribution in [2.45, 2.75) is 45.6 Å². The largest absolute Gasteiger partial charge is 0.340 e. The third-order valence-corrected chi connectivity index (χ3v) is 2.91. The topological polar surface area (TPSA) is 52.9 Å².